The highest BCUT2D eigenvalue weighted by Gasteiger charge is 2.49. The molecule has 0 spiro atoms. The monoisotopic (exact) mass is 310 g/mol. The quantitative estimate of drug-likeness (QED) is 0.558. The van der Waals surface area contributed by atoms with Crippen LogP contribution in [0.3, 0.4) is 0 Å². The van der Waals surface area contributed by atoms with E-state index in [-0.39, 0.29) is 25.4 Å². The normalized spacial score (nSPS) is 37.8. The van der Waals surface area contributed by atoms with Gasteiger partial charge in [0.05, 0.1) is 12.6 Å². The number of carboxylic acid groups (broad SMARTS) is 1. The van der Waals surface area contributed by atoms with Crippen LogP contribution in [0.4, 0.5) is 18.0 Å². The molecule has 0 aromatic carbocycles. The number of hydrogen-bond donors (Lipinski definition) is 3. The molecule has 0 saturated carbocycles. The SMILES string of the molecule is O=C(O)N1CCN2C(COC3NC(C(F)(F)F)CNC32)C1. The molecule has 120 valence electrons. The maximum absolute atomic E-state index is 12.7. The van der Waals surface area contributed by atoms with Crippen LogP contribution in [-0.2, 0) is 4.74 Å². The first-order valence-corrected chi connectivity index (χ1v) is 6.77. The van der Waals surface area contributed by atoms with Gasteiger partial charge >= 0.3 is 12.3 Å². The van der Waals surface area contributed by atoms with Gasteiger partial charge in [-0.25, -0.2) is 4.79 Å². The largest absolute Gasteiger partial charge is 0.465 e. The van der Waals surface area contributed by atoms with Crippen LogP contribution in [-0.4, -0.2) is 84.4 Å². The Morgan fingerprint density at radius 1 is 1.33 bits per heavy atom. The average Bonchev–Trinajstić information content (AvgIpc) is 2.44. The van der Waals surface area contributed by atoms with Gasteiger partial charge in [0.1, 0.15) is 18.4 Å². The van der Waals surface area contributed by atoms with Crippen molar-refractivity contribution in [2.24, 2.45) is 0 Å². The summed E-state index contributed by atoms with van der Waals surface area (Å²) in [6, 6.07) is -1.76. The Bertz CT molecular complexity index is 422. The highest BCUT2D eigenvalue weighted by Crippen LogP contribution is 2.27. The number of alkyl halides is 3. The molecule has 0 aromatic rings. The molecular weight excluding hydrogens is 293 g/mol. The third-order valence-corrected chi connectivity index (χ3v) is 4.20. The van der Waals surface area contributed by atoms with E-state index in [1.165, 1.54) is 4.90 Å². The zero-order valence-corrected chi connectivity index (χ0v) is 11.1. The summed E-state index contributed by atoms with van der Waals surface area (Å²) >= 11 is 0. The second-order valence-electron chi connectivity index (χ2n) is 5.49. The van der Waals surface area contributed by atoms with E-state index in [0.29, 0.717) is 19.6 Å². The molecule has 10 heteroatoms. The van der Waals surface area contributed by atoms with Crippen molar-refractivity contribution in [3.8, 4) is 0 Å². The molecule has 3 aliphatic heterocycles. The van der Waals surface area contributed by atoms with E-state index in [1.54, 1.807) is 0 Å². The molecule has 4 unspecified atom stereocenters. The summed E-state index contributed by atoms with van der Waals surface area (Å²) < 4.78 is 43.7. The van der Waals surface area contributed by atoms with Gasteiger partial charge in [-0.15, -0.1) is 0 Å². The van der Waals surface area contributed by atoms with Gasteiger partial charge in [-0.2, -0.15) is 13.2 Å². The van der Waals surface area contributed by atoms with E-state index >= 15 is 0 Å². The lowest BCUT2D eigenvalue weighted by Crippen LogP contribution is -2.76. The highest BCUT2D eigenvalue weighted by atomic mass is 19.4. The Morgan fingerprint density at radius 2 is 2.10 bits per heavy atom. The van der Waals surface area contributed by atoms with Gasteiger partial charge in [-0.3, -0.25) is 15.5 Å². The second kappa shape index (κ2) is 5.27. The Morgan fingerprint density at radius 3 is 2.76 bits per heavy atom. The summed E-state index contributed by atoms with van der Waals surface area (Å²) in [5.74, 6) is 0. The summed E-state index contributed by atoms with van der Waals surface area (Å²) in [6.07, 6.45) is -6.40. The van der Waals surface area contributed by atoms with Crippen molar-refractivity contribution < 1.29 is 27.8 Å². The number of carbonyl (C=O) groups is 1. The Labute approximate surface area is 119 Å². The summed E-state index contributed by atoms with van der Waals surface area (Å²) in [5, 5.41) is 14.4. The number of nitrogens with one attached hydrogen (secondary N) is 2. The number of piperazine rings is 2. The number of fused-ring (bicyclic) bond motifs is 3. The molecule has 3 heterocycles. The van der Waals surface area contributed by atoms with Crippen molar-refractivity contribution in [3.05, 3.63) is 0 Å². The fourth-order valence-corrected chi connectivity index (χ4v) is 3.11. The van der Waals surface area contributed by atoms with Crippen LogP contribution in [0.15, 0.2) is 0 Å². The topological polar surface area (TPSA) is 77.1 Å². The average molecular weight is 310 g/mol. The molecule has 0 radical (unpaired) electrons. The lowest BCUT2D eigenvalue weighted by atomic mass is 10.1. The molecule has 21 heavy (non-hydrogen) atoms. The fourth-order valence-electron chi connectivity index (χ4n) is 3.11. The molecule has 3 saturated heterocycles. The van der Waals surface area contributed by atoms with E-state index in [9.17, 15) is 18.0 Å². The van der Waals surface area contributed by atoms with Crippen LogP contribution in [0, 0.1) is 0 Å². The van der Waals surface area contributed by atoms with Gasteiger partial charge in [0, 0.05) is 26.2 Å². The molecule has 4 atom stereocenters. The first-order chi connectivity index (χ1) is 9.86. The summed E-state index contributed by atoms with van der Waals surface area (Å²) in [4.78, 5) is 14.3. The van der Waals surface area contributed by atoms with E-state index in [1.807, 2.05) is 4.90 Å². The van der Waals surface area contributed by atoms with Gasteiger partial charge < -0.3 is 14.7 Å². The van der Waals surface area contributed by atoms with Crippen LogP contribution in [0.1, 0.15) is 0 Å². The lowest BCUT2D eigenvalue weighted by Gasteiger charge is -2.53. The molecule has 3 aliphatic rings. The number of ether oxygens (including phenoxy) is 1. The van der Waals surface area contributed by atoms with Gasteiger partial charge in [0.25, 0.3) is 0 Å². The zero-order chi connectivity index (χ0) is 15.2. The van der Waals surface area contributed by atoms with Crippen LogP contribution in [0.5, 0.6) is 0 Å². The van der Waals surface area contributed by atoms with Crippen LogP contribution in [0.2, 0.25) is 0 Å². The summed E-state index contributed by atoms with van der Waals surface area (Å²) in [7, 11) is 0. The van der Waals surface area contributed by atoms with Crippen molar-refractivity contribution in [1.29, 1.82) is 0 Å². The van der Waals surface area contributed by atoms with Crippen LogP contribution in [0.25, 0.3) is 0 Å². The summed E-state index contributed by atoms with van der Waals surface area (Å²) in [6.45, 7) is 1.12. The third kappa shape index (κ3) is 2.80. The molecule has 7 nitrogen and oxygen atoms in total. The second-order valence-corrected chi connectivity index (χ2v) is 5.49. The lowest BCUT2D eigenvalue weighted by molar-refractivity contribution is -0.206. The van der Waals surface area contributed by atoms with Crippen LogP contribution >= 0.6 is 0 Å². The molecule has 0 aromatic heterocycles. The Hall–Kier alpha value is -1.10. The number of nitrogens with zero attached hydrogens (tertiary/aromatic N) is 2. The molecule has 0 aliphatic carbocycles. The standard InChI is InChI=1S/C11H17F3N4O3/c12-11(13,14)7-3-15-8-9(16-7)21-5-6-4-17(10(19)20)1-2-18(6)8/h6-9,15-16H,1-5H2,(H,19,20). The number of amides is 1. The highest BCUT2D eigenvalue weighted by molar-refractivity contribution is 5.65. The van der Waals surface area contributed by atoms with E-state index in [4.69, 9.17) is 9.84 Å². The fraction of sp³-hybridized carbons (Fsp3) is 0.909. The predicted molar refractivity (Wildman–Crippen MR) is 64.6 cm³/mol. The molecule has 3 rings (SSSR count). The smallest absolute Gasteiger partial charge is 0.407 e. The number of rotatable bonds is 0. The van der Waals surface area contributed by atoms with E-state index in [2.05, 4.69) is 10.6 Å². The van der Waals surface area contributed by atoms with Gasteiger partial charge in [0.15, 0.2) is 0 Å². The van der Waals surface area contributed by atoms with Gasteiger partial charge in [-0.05, 0) is 0 Å². The van der Waals surface area contributed by atoms with Crippen LogP contribution < -0.4 is 10.6 Å². The molecular formula is C11H17F3N4O3. The molecule has 3 fully saturated rings. The van der Waals surface area contributed by atoms with Crippen molar-refractivity contribution in [2.45, 2.75) is 30.7 Å². The zero-order valence-electron chi connectivity index (χ0n) is 11.1. The van der Waals surface area contributed by atoms with Crippen molar-refractivity contribution in [1.82, 2.24) is 20.4 Å². The van der Waals surface area contributed by atoms with E-state index < -0.39 is 24.5 Å². The maximum Gasteiger partial charge on any atom is 0.407 e. The predicted octanol–water partition coefficient (Wildman–Crippen LogP) is -0.543. The minimum Gasteiger partial charge on any atom is -0.465 e. The first-order valence-electron chi connectivity index (χ1n) is 6.77. The number of morpholine rings is 1. The number of halogens is 3. The first kappa shape index (κ1) is 14.8. The van der Waals surface area contributed by atoms with E-state index in [0.717, 1.165) is 0 Å². The number of hydrogen-bond acceptors (Lipinski definition) is 5. The van der Waals surface area contributed by atoms with Crippen molar-refractivity contribution >= 4 is 6.09 Å². The summed E-state index contributed by atoms with van der Waals surface area (Å²) in [5.41, 5.74) is 0. The molecule has 0 bridgehead atoms. The van der Waals surface area contributed by atoms with Crippen molar-refractivity contribution in [2.75, 3.05) is 32.8 Å². The van der Waals surface area contributed by atoms with Crippen molar-refractivity contribution in [3.63, 3.8) is 0 Å². The Balaban J connectivity index is 1.65. The van der Waals surface area contributed by atoms with Gasteiger partial charge in [-0.1, -0.05) is 0 Å². The van der Waals surface area contributed by atoms with Gasteiger partial charge in [0.2, 0.25) is 0 Å². The Kier molecular flexibility index (Phi) is 3.72. The third-order valence-electron chi connectivity index (χ3n) is 4.20. The molecule has 1 amide bonds. The molecule has 3 N–H and O–H groups in total. The minimum atomic E-state index is -4.32. The maximum atomic E-state index is 12.7. The minimum absolute atomic E-state index is 0.132.